The SMILES string of the molecule is CC(C)[O-].CC(C)[O-].CCCC(=O)NC1CCCC(CCC)(CCC)C1.CCCC([NH-])=O.[Ti+3]. The maximum Gasteiger partial charge on any atom is 3.00 e. The molecule has 0 spiro atoms. The van der Waals surface area contributed by atoms with E-state index in [2.05, 4.69) is 26.1 Å². The molecule has 1 aliphatic carbocycles. The number of rotatable bonds is 9. The summed E-state index contributed by atoms with van der Waals surface area (Å²) in [6.07, 6.45) is 12.3. The van der Waals surface area contributed by atoms with Crippen LogP contribution in [0.4, 0.5) is 0 Å². The van der Waals surface area contributed by atoms with Gasteiger partial charge in [0.15, 0.2) is 0 Å². The number of carbonyl (C=O) groups excluding carboxylic acids is 2. The van der Waals surface area contributed by atoms with E-state index in [1.807, 2.05) is 6.92 Å². The third-order valence-corrected chi connectivity index (χ3v) is 4.82. The molecule has 7 heteroatoms. The van der Waals surface area contributed by atoms with Crippen LogP contribution in [0.15, 0.2) is 0 Å². The molecule has 0 aromatic rings. The minimum Gasteiger partial charge on any atom is -0.852 e. The van der Waals surface area contributed by atoms with Crippen molar-refractivity contribution in [1.29, 1.82) is 0 Å². The van der Waals surface area contributed by atoms with Crippen LogP contribution >= 0.6 is 0 Å². The van der Waals surface area contributed by atoms with Crippen LogP contribution in [0.2, 0.25) is 0 Å². The molecule has 0 aliphatic heterocycles. The Kier molecular flexibility index (Phi) is 31.6. The van der Waals surface area contributed by atoms with Crippen molar-refractivity contribution < 1.29 is 41.5 Å². The first-order valence-corrected chi connectivity index (χ1v) is 12.7. The first-order valence-electron chi connectivity index (χ1n) is 12.7. The van der Waals surface area contributed by atoms with Crippen molar-refractivity contribution in [3.8, 4) is 0 Å². The van der Waals surface area contributed by atoms with Crippen molar-refractivity contribution in [3.63, 3.8) is 0 Å². The molecule has 1 unspecified atom stereocenters. The molecule has 1 radical (unpaired) electrons. The second-order valence-corrected chi connectivity index (χ2v) is 9.38. The molecule has 2 N–H and O–H groups in total. The number of amides is 2. The molecule has 0 bridgehead atoms. The van der Waals surface area contributed by atoms with Gasteiger partial charge >= 0.3 is 21.7 Å². The van der Waals surface area contributed by atoms with Crippen molar-refractivity contribution in [2.75, 3.05) is 0 Å². The van der Waals surface area contributed by atoms with E-state index in [9.17, 15) is 19.8 Å². The van der Waals surface area contributed by atoms with Crippen molar-refractivity contribution in [3.05, 3.63) is 5.73 Å². The summed E-state index contributed by atoms with van der Waals surface area (Å²) in [5.41, 5.74) is 6.86. The van der Waals surface area contributed by atoms with Crippen molar-refractivity contribution in [1.82, 2.24) is 5.32 Å². The van der Waals surface area contributed by atoms with Gasteiger partial charge in [0.05, 0.1) is 0 Å². The Morgan fingerprint density at radius 1 is 0.909 bits per heavy atom. The largest absolute Gasteiger partial charge is 3.00 e. The molecule has 0 heterocycles. The maximum absolute atomic E-state index is 11.7. The Balaban J connectivity index is -0.000000231. The molecule has 2 amide bonds. The predicted octanol–water partition coefficient (Wildman–Crippen LogP) is 5.30. The average molecular weight is 506 g/mol. The van der Waals surface area contributed by atoms with Gasteiger partial charge in [-0.05, 0) is 50.4 Å². The van der Waals surface area contributed by atoms with E-state index in [4.69, 9.17) is 5.73 Å². The molecule has 0 aromatic carbocycles. The summed E-state index contributed by atoms with van der Waals surface area (Å²) in [5.74, 6) is -0.205. The molecule has 1 rings (SSSR count). The summed E-state index contributed by atoms with van der Waals surface area (Å²) < 4.78 is 0. The molecule has 195 valence electrons. The van der Waals surface area contributed by atoms with E-state index in [1.54, 1.807) is 27.7 Å². The van der Waals surface area contributed by atoms with Crippen LogP contribution in [0, 0.1) is 5.41 Å². The van der Waals surface area contributed by atoms with E-state index in [0.29, 0.717) is 24.3 Å². The Morgan fingerprint density at radius 3 is 1.64 bits per heavy atom. The second-order valence-electron chi connectivity index (χ2n) is 9.38. The van der Waals surface area contributed by atoms with Crippen LogP contribution in [-0.2, 0) is 31.3 Å². The van der Waals surface area contributed by atoms with Gasteiger partial charge in [-0.3, -0.25) is 4.79 Å². The Morgan fingerprint density at radius 2 is 1.33 bits per heavy atom. The molecule has 1 fully saturated rings. The van der Waals surface area contributed by atoms with Crippen molar-refractivity contribution in [2.45, 2.75) is 151 Å². The fraction of sp³-hybridized carbons (Fsp3) is 0.923. The zero-order chi connectivity index (χ0) is 25.6. The van der Waals surface area contributed by atoms with Crippen LogP contribution in [0.3, 0.4) is 0 Å². The van der Waals surface area contributed by atoms with Crippen LogP contribution in [0.1, 0.15) is 132 Å². The fourth-order valence-corrected chi connectivity index (χ4v) is 3.97. The monoisotopic (exact) mass is 505 g/mol. The molecule has 1 aliphatic rings. The molecule has 0 aromatic heterocycles. The van der Waals surface area contributed by atoms with E-state index >= 15 is 0 Å². The summed E-state index contributed by atoms with van der Waals surface area (Å²) in [6.45, 7) is 15.0. The number of hydrogen-bond donors (Lipinski definition) is 1. The molecular formula is C26H53N2O4Ti. The molecule has 33 heavy (non-hydrogen) atoms. The summed E-state index contributed by atoms with van der Waals surface area (Å²) >= 11 is 0. The van der Waals surface area contributed by atoms with Gasteiger partial charge in [0.1, 0.15) is 0 Å². The summed E-state index contributed by atoms with van der Waals surface area (Å²) in [7, 11) is 0. The second kappa shape index (κ2) is 26.2. The average Bonchev–Trinajstić information content (AvgIpc) is 2.62. The quantitative estimate of drug-likeness (QED) is 0.428. The molecular weight excluding hydrogens is 452 g/mol. The van der Waals surface area contributed by atoms with Crippen LogP contribution in [-0.4, -0.2) is 30.1 Å². The third-order valence-electron chi connectivity index (χ3n) is 4.82. The minimum atomic E-state index is -0.461. The van der Waals surface area contributed by atoms with Crippen LogP contribution < -0.4 is 15.5 Å². The molecule has 0 saturated heterocycles. The Hall–Kier alpha value is -0.426. The first kappa shape index (κ1) is 39.8. The minimum absolute atomic E-state index is 0. The topological polar surface area (TPSA) is 116 Å². The van der Waals surface area contributed by atoms with Gasteiger partial charge < -0.3 is 26.1 Å². The van der Waals surface area contributed by atoms with Gasteiger partial charge in [-0.1, -0.05) is 81.1 Å². The standard InChI is InChI=1S/C16H31NO.C4H9NO.2C3H7O.Ti/c1-4-8-15(18)17-14-9-7-12-16(13-14,10-5-2)11-6-3;1-2-3-4(5)6;2*1-3(2)4;/h14H,4-13H2,1-3H3,(H,17,18);2-3H2,1H3,(H2,5,6);2*3H,1-2H3;/q;;2*-1;+3/p-1. The number of hydrogen-bond acceptors (Lipinski definition) is 4. The Bertz CT molecular complexity index is 423. The Labute approximate surface area is 220 Å². The summed E-state index contributed by atoms with van der Waals surface area (Å²) in [5, 5.41) is 22.3. The van der Waals surface area contributed by atoms with Gasteiger partial charge in [-0.15, -0.1) is 12.2 Å². The van der Waals surface area contributed by atoms with E-state index in [1.165, 1.54) is 51.4 Å². The van der Waals surface area contributed by atoms with E-state index in [0.717, 1.165) is 12.8 Å². The van der Waals surface area contributed by atoms with Crippen molar-refractivity contribution >= 4 is 11.8 Å². The van der Waals surface area contributed by atoms with Gasteiger partial charge in [-0.25, -0.2) is 0 Å². The third kappa shape index (κ3) is 31.6. The summed E-state index contributed by atoms with van der Waals surface area (Å²) in [4.78, 5) is 21.4. The predicted molar refractivity (Wildman–Crippen MR) is 132 cm³/mol. The van der Waals surface area contributed by atoms with Gasteiger partial charge in [-0.2, -0.15) is 0 Å². The first-order chi connectivity index (χ1) is 14.9. The number of carbonyl (C=O) groups is 2. The van der Waals surface area contributed by atoms with E-state index in [-0.39, 0.29) is 27.6 Å². The fourth-order valence-electron chi connectivity index (χ4n) is 3.97. The normalized spacial score (nSPS) is 16.1. The van der Waals surface area contributed by atoms with E-state index < -0.39 is 18.1 Å². The van der Waals surface area contributed by atoms with Crippen LogP contribution in [0.25, 0.3) is 5.73 Å². The zero-order valence-electron chi connectivity index (χ0n) is 22.9. The van der Waals surface area contributed by atoms with Gasteiger partial charge in [0.2, 0.25) is 5.91 Å². The van der Waals surface area contributed by atoms with Gasteiger partial charge in [0, 0.05) is 18.4 Å². The molecule has 1 atom stereocenters. The zero-order valence-corrected chi connectivity index (χ0v) is 24.4. The van der Waals surface area contributed by atoms with Gasteiger partial charge in [0.25, 0.3) is 0 Å². The number of nitrogens with one attached hydrogen (secondary N) is 2. The molecule has 6 nitrogen and oxygen atoms in total. The summed E-state index contributed by atoms with van der Waals surface area (Å²) in [6, 6.07) is 0.441. The maximum atomic E-state index is 11.7. The van der Waals surface area contributed by atoms with Crippen LogP contribution in [0.5, 0.6) is 0 Å². The smallest absolute Gasteiger partial charge is 0.852 e. The molecule has 1 saturated carbocycles. The van der Waals surface area contributed by atoms with Crippen molar-refractivity contribution in [2.24, 2.45) is 5.41 Å².